The van der Waals surface area contributed by atoms with E-state index in [-0.39, 0.29) is 0 Å². The van der Waals surface area contributed by atoms with Gasteiger partial charge in [0.2, 0.25) is 0 Å². The summed E-state index contributed by atoms with van der Waals surface area (Å²) in [6.07, 6.45) is 10.5. The summed E-state index contributed by atoms with van der Waals surface area (Å²) < 4.78 is 1.99. The molecular formula is C13H25N3. The molecule has 0 radical (unpaired) electrons. The summed E-state index contributed by atoms with van der Waals surface area (Å²) in [5, 5.41) is 7.71. The third kappa shape index (κ3) is 4.35. The van der Waals surface area contributed by atoms with Crippen molar-refractivity contribution < 1.29 is 0 Å². The smallest absolute Gasteiger partial charge is 0.0522 e. The van der Waals surface area contributed by atoms with Crippen LogP contribution in [-0.4, -0.2) is 22.9 Å². The van der Waals surface area contributed by atoms with E-state index in [2.05, 4.69) is 37.5 Å². The molecule has 1 aromatic rings. The third-order valence-electron chi connectivity index (χ3n) is 3.06. The maximum Gasteiger partial charge on any atom is 0.0522 e. The molecule has 0 amide bonds. The first-order valence-electron chi connectivity index (χ1n) is 6.48. The second kappa shape index (κ2) is 7.44. The Bertz CT molecular complexity index is 280. The van der Waals surface area contributed by atoms with Gasteiger partial charge in [0.15, 0.2) is 0 Å². The average Bonchev–Trinajstić information content (AvgIpc) is 2.75. The van der Waals surface area contributed by atoms with Crippen LogP contribution in [0.3, 0.4) is 0 Å². The number of rotatable bonds is 8. The van der Waals surface area contributed by atoms with Gasteiger partial charge in [-0.1, -0.05) is 26.2 Å². The van der Waals surface area contributed by atoms with Crippen LogP contribution in [0.4, 0.5) is 0 Å². The molecule has 0 saturated carbocycles. The van der Waals surface area contributed by atoms with E-state index in [9.17, 15) is 0 Å². The molecule has 0 bridgehead atoms. The Morgan fingerprint density at radius 3 is 2.75 bits per heavy atom. The van der Waals surface area contributed by atoms with Crippen molar-refractivity contribution in [1.82, 2.24) is 15.1 Å². The van der Waals surface area contributed by atoms with E-state index in [1.807, 2.05) is 10.9 Å². The number of nitrogens with one attached hydrogen (secondary N) is 1. The van der Waals surface area contributed by atoms with E-state index < -0.39 is 0 Å². The van der Waals surface area contributed by atoms with Crippen LogP contribution in [0, 0.1) is 0 Å². The summed E-state index contributed by atoms with van der Waals surface area (Å²) in [6, 6.07) is 0.598. The standard InChI is InChI=1S/C13H25N3/c1-4-6-7-8-13(14-3)9-12-10-15-16(5-2)11-12/h10-11,13-14H,4-9H2,1-3H3. The number of unbranched alkanes of at least 4 members (excludes halogenated alkanes) is 2. The van der Waals surface area contributed by atoms with Crippen molar-refractivity contribution in [2.45, 2.75) is 58.5 Å². The lowest BCUT2D eigenvalue weighted by molar-refractivity contribution is 0.490. The fourth-order valence-electron chi connectivity index (χ4n) is 1.96. The maximum absolute atomic E-state index is 4.31. The highest BCUT2D eigenvalue weighted by Crippen LogP contribution is 2.09. The molecule has 92 valence electrons. The first kappa shape index (κ1) is 13.2. The first-order chi connectivity index (χ1) is 7.80. The highest BCUT2D eigenvalue weighted by atomic mass is 15.3. The topological polar surface area (TPSA) is 29.9 Å². The van der Waals surface area contributed by atoms with E-state index in [4.69, 9.17) is 0 Å². The Balaban J connectivity index is 2.36. The molecule has 0 aliphatic heterocycles. The lowest BCUT2D eigenvalue weighted by Crippen LogP contribution is -2.27. The molecule has 1 unspecified atom stereocenters. The molecule has 1 heterocycles. The summed E-state index contributed by atoms with van der Waals surface area (Å²) in [6.45, 7) is 5.33. The SMILES string of the molecule is CCCCCC(Cc1cnn(CC)c1)NC. The van der Waals surface area contributed by atoms with Crippen molar-refractivity contribution >= 4 is 0 Å². The Morgan fingerprint density at radius 2 is 2.19 bits per heavy atom. The van der Waals surface area contributed by atoms with Gasteiger partial charge < -0.3 is 5.32 Å². The number of hydrogen-bond donors (Lipinski definition) is 1. The van der Waals surface area contributed by atoms with E-state index in [0.29, 0.717) is 6.04 Å². The molecule has 3 heteroatoms. The minimum Gasteiger partial charge on any atom is -0.317 e. The quantitative estimate of drug-likeness (QED) is 0.687. The summed E-state index contributed by atoms with van der Waals surface area (Å²) in [7, 11) is 2.06. The molecule has 1 rings (SSSR count). The maximum atomic E-state index is 4.31. The van der Waals surface area contributed by atoms with Crippen LogP contribution >= 0.6 is 0 Å². The molecule has 16 heavy (non-hydrogen) atoms. The molecule has 1 aromatic heterocycles. The normalized spacial score (nSPS) is 12.9. The summed E-state index contributed by atoms with van der Waals surface area (Å²) in [5.74, 6) is 0. The van der Waals surface area contributed by atoms with Crippen LogP contribution < -0.4 is 5.32 Å². The van der Waals surface area contributed by atoms with Gasteiger partial charge in [0.25, 0.3) is 0 Å². The lowest BCUT2D eigenvalue weighted by atomic mass is 10.0. The van der Waals surface area contributed by atoms with Gasteiger partial charge in [0, 0.05) is 18.8 Å². The molecule has 0 fully saturated rings. The molecule has 1 atom stereocenters. The fourth-order valence-corrected chi connectivity index (χ4v) is 1.96. The Morgan fingerprint density at radius 1 is 1.38 bits per heavy atom. The van der Waals surface area contributed by atoms with Crippen LogP contribution in [0.1, 0.15) is 45.1 Å². The average molecular weight is 223 g/mol. The zero-order chi connectivity index (χ0) is 11.8. The Hall–Kier alpha value is -0.830. The highest BCUT2D eigenvalue weighted by molar-refractivity contribution is 5.06. The van der Waals surface area contributed by atoms with Crippen LogP contribution in [0.5, 0.6) is 0 Å². The fraction of sp³-hybridized carbons (Fsp3) is 0.769. The molecule has 0 aliphatic rings. The predicted molar refractivity (Wildman–Crippen MR) is 68.6 cm³/mol. The largest absolute Gasteiger partial charge is 0.317 e. The summed E-state index contributed by atoms with van der Waals surface area (Å²) in [4.78, 5) is 0. The van der Waals surface area contributed by atoms with Crippen molar-refractivity contribution in [2.24, 2.45) is 0 Å². The van der Waals surface area contributed by atoms with Gasteiger partial charge in [-0.15, -0.1) is 0 Å². The number of nitrogens with zero attached hydrogens (tertiary/aromatic N) is 2. The number of aryl methyl sites for hydroxylation is 1. The van der Waals surface area contributed by atoms with Gasteiger partial charge in [-0.3, -0.25) is 4.68 Å². The number of hydrogen-bond acceptors (Lipinski definition) is 2. The predicted octanol–water partition coefficient (Wildman–Crippen LogP) is 2.61. The van der Waals surface area contributed by atoms with Gasteiger partial charge in [-0.05, 0) is 32.4 Å². The summed E-state index contributed by atoms with van der Waals surface area (Å²) >= 11 is 0. The van der Waals surface area contributed by atoms with Crippen molar-refractivity contribution in [3.63, 3.8) is 0 Å². The second-order valence-corrected chi connectivity index (χ2v) is 4.39. The molecule has 3 nitrogen and oxygen atoms in total. The Labute approximate surface area is 99.2 Å². The van der Waals surface area contributed by atoms with E-state index in [1.165, 1.54) is 31.2 Å². The zero-order valence-corrected chi connectivity index (χ0v) is 10.9. The molecule has 0 aromatic carbocycles. The van der Waals surface area contributed by atoms with Gasteiger partial charge in [0.05, 0.1) is 6.20 Å². The number of aromatic nitrogens is 2. The van der Waals surface area contributed by atoms with Gasteiger partial charge in [-0.2, -0.15) is 5.10 Å². The molecule has 0 aliphatic carbocycles. The van der Waals surface area contributed by atoms with Crippen LogP contribution in [0.25, 0.3) is 0 Å². The van der Waals surface area contributed by atoms with Crippen molar-refractivity contribution in [3.05, 3.63) is 18.0 Å². The molecule has 0 spiro atoms. The van der Waals surface area contributed by atoms with Crippen LogP contribution in [0.2, 0.25) is 0 Å². The van der Waals surface area contributed by atoms with Crippen molar-refractivity contribution in [2.75, 3.05) is 7.05 Å². The van der Waals surface area contributed by atoms with Gasteiger partial charge in [-0.25, -0.2) is 0 Å². The summed E-state index contributed by atoms with van der Waals surface area (Å²) in [5.41, 5.74) is 1.35. The Kier molecular flexibility index (Phi) is 6.16. The van der Waals surface area contributed by atoms with Gasteiger partial charge in [0.1, 0.15) is 0 Å². The van der Waals surface area contributed by atoms with Crippen LogP contribution in [0.15, 0.2) is 12.4 Å². The van der Waals surface area contributed by atoms with Crippen molar-refractivity contribution in [1.29, 1.82) is 0 Å². The zero-order valence-electron chi connectivity index (χ0n) is 10.9. The lowest BCUT2D eigenvalue weighted by Gasteiger charge is -2.14. The number of likely N-dealkylation sites (N-methyl/N-ethyl adjacent to an activating group) is 1. The molecule has 1 N–H and O–H groups in total. The van der Waals surface area contributed by atoms with E-state index >= 15 is 0 Å². The monoisotopic (exact) mass is 223 g/mol. The molecule has 0 saturated heterocycles. The van der Waals surface area contributed by atoms with Crippen molar-refractivity contribution in [3.8, 4) is 0 Å². The second-order valence-electron chi connectivity index (χ2n) is 4.39. The van der Waals surface area contributed by atoms with E-state index in [0.717, 1.165) is 13.0 Å². The first-order valence-corrected chi connectivity index (χ1v) is 6.48. The van der Waals surface area contributed by atoms with Gasteiger partial charge >= 0.3 is 0 Å². The van der Waals surface area contributed by atoms with Crippen LogP contribution in [-0.2, 0) is 13.0 Å². The highest BCUT2D eigenvalue weighted by Gasteiger charge is 2.08. The minimum absolute atomic E-state index is 0.598. The molecular weight excluding hydrogens is 198 g/mol. The van der Waals surface area contributed by atoms with E-state index in [1.54, 1.807) is 0 Å². The third-order valence-corrected chi connectivity index (χ3v) is 3.06. The minimum atomic E-state index is 0.598.